The monoisotopic (exact) mass is 383 g/mol. The molecule has 0 aliphatic heterocycles. The molecule has 0 fully saturated rings. The number of carbonyl (C=O) groups is 1. The molecule has 0 bridgehead atoms. The average molecular weight is 383 g/mol. The molecule has 0 aliphatic rings. The molecule has 0 aromatic rings. The van der Waals surface area contributed by atoms with Gasteiger partial charge >= 0.3 is 6.18 Å². The largest absolute Gasteiger partial charge is 0.494 e. The number of carbonyl (C=O) groups excluding carboxylic acids is 1. The summed E-state index contributed by atoms with van der Waals surface area (Å²) >= 11 is 0. The Hall–Kier alpha value is -1.65. The Kier molecular flexibility index (Phi) is 9.26. The number of aliphatic hydroxyl groups excluding tert-OH is 2. The van der Waals surface area contributed by atoms with Gasteiger partial charge in [0.05, 0.1) is 24.5 Å². The van der Waals surface area contributed by atoms with E-state index in [1.54, 1.807) is 13.8 Å². The first-order valence-corrected chi connectivity index (χ1v) is 8.09. The lowest BCUT2D eigenvalue weighted by molar-refractivity contribution is -0.135. The number of nitrogens with one attached hydrogen (secondary N) is 3. The van der Waals surface area contributed by atoms with Crippen molar-refractivity contribution in [3.63, 3.8) is 0 Å². The van der Waals surface area contributed by atoms with E-state index < -0.39 is 35.5 Å². The molecule has 26 heavy (non-hydrogen) atoms. The van der Waals surface area contributed by atoms with Gasteiger partial charge in [-0.3, -0.25) is 10.1 Å². The highest BCUT2D eigenvalue weighted by Crippen LogP contribution is 2.21. The van der Waals surface area contributed by atoms with E-state index in [1.807, 2.05) is 0 Å². The molecule has 7 nitrogen and oxygen atoms in total. The number of hydrogen-bond donors (Lipinski definition) is 5. The van der Waals surface area contributed by atoms with E-state index in [9.17, 15) is 23.1 Å². The molecule has 0 saturated carbocycles. The van der Waals surface area contributed by atoms with E-state index in [-0.39, 0.29) is 31.9 Å². The van der Waals surface area contributed by atoms with Gasteiger partial charge in [0.15, 0.2) is 5.88 Å². The van der Waals surface area contributed by atoms with Crippen LogP contribution in [0.4, 0.5) is 13.2 Å². The van der Waals surface area contributed by atoms with Crippen LogP contribution < -0.4 is 10.6 Å². The van der Waals surface area contributed by atoms with Gasteiger partial charge in [0.2, 0.25) is 5.91 Å². The van der Waals surface area contributed by atoms with Gasteiger partial charge in [0, 0.05) is 12.5 Å². The predicted octanol–water partition coefficient (Wildman–Crippen LogP) is 2.02. The molecule has 1 amide bonds. The minimum Gasteiger partial charge on any atom is -0.494 e. The highest BCUT2D eigenvalue weighted by molar-refractivity contribution is 5.99. The zero-order valence-corrected chi connectivity index (χ0v) is 15.5. The number of rotatable bonds is 11. The first-order valence-electron chi connectivity index (χ1n) is 8.09. The van der Waals surface area contributed by atoms with Crippen molar-refractivity contribution in [3.05, 3.63) is 12.0 Å². The van der Waals surface area contributed by atoms with E-state index >= 15 is 0 Å². The molecular weight excluding hydrogens is 355 g/mol. The van der Waals surface area contributed by atoms with Crippen molar-refractivity contribution in [1.82, 2.24) is 10.6 Å². The minimum absolute atomic E-state index is 0.00518. The maximum absolute atomic E-state index is 12.1. The lowest BCUT2D eigenvalue weighted by Gasteiger charge is -2.26. The third kappa shape index (κ3) is 9.73. The molecule has 0 aliphatic carbocycles. The molecule has 0 rings (SSSR count). The van der Waals surface area contributed by atoms with E-state index in [1.165, 1.54) is 13.8 Å². The molecule has 10 heteroatoms. The lowest BCUT2D eigenvalue weighted by Crippen LogP contribution is -2.52. The van der Waals surface area contributed by atoms with Crippen LogP contribution in [0.5, 0.6) is 0 Å². The summed E-state index contributed by atoms with van der Waals surface area (Å²) in [6.07, 6.45) is -4.39. The molecule has 0 aromatic carbocycles. The molecule has 0 aromatic heterocycles. The third-order valence-corrected chi connectivity index (χ3v) is 3.50. The summed E-state index contributed by atoms with van der Waals surface area (Å²) in [6, 6.07) is 0. The lowest BCUT2D eigenvalue weighted by atomic mass is 10.0. The number of amides is 1. The Morgan fingerprint density at radius 2 is 1.81 bits per heavy atom. The van der Waals surface area contributed by atoms with Crippen molar-refractivity contribution < 1.29 is 32.9 Å². The Morgan fingerprint density at radius 1 is 1.23 bits per heavy atom. The standard InChI is InChI=1S/C16H28F3N3O4/c1-14(2,21-7-5-6-16(17,18)19)13(25)22-12(24)10-11(20)15(3,4)26-9-8-23/h10,20-21,23-24H,5-9H2,1-4H3,(H,22,25)/b12-10-,20-11?. The second-order valence-electron chi connectivity index (χ2n) is 6.75. The Labute approximate surface area is 151 Å². The third-order valence-electron chi connectivity index (χ3n) is 3.50. The summed E-state index contributed by atoms with van der Waals surface area (Å²) in [5.74, 6) is -1.26. The number of alkyl halides is 3. The van der Waals surface area contributed by atoms with Gasteiger partial charge in [-0.05, 0) is 40.7 Å². The maximum atomic E-state index is 12.1. The van der Waals surface area contributed by atoms with Crippen molar-refractivity contribution in [2.45, 2.75) is 57.9 Å². The van der Waals surface area contributed by atoms with Crippen LogP contribution in [0.15, 0.2) is 12.0 Å². The van der Waals surface area contributed by atoms with Crippen LogP contribution in [0.25, 0.3) is 0 Å². The highest BCUT2D eigenvalue weighted by atomic mass is 19.4. The van der Waals surface area contributed by atoms with Gasteiger partial charge in [-0.25, -0.2) is 0 Å². The van der Waals surface area contributed by atoms with Crippen LogP contribution in [0, 0.1) is 5.41 Å². The quantitative estimate of drug-likeness (QED) is 0.213. The Morgan fingerprint density at radius 3 is 2.31 bits per heavy atom. The molecule has 0 atom stereocenters. The van der Waals surface area contributed by atoms with Gasteiger partial charge in [0.25, 0.3) is 0 Å². The Bertz CT molecular complexity index is 517. The zero-order valence-electron chi connectivity index (χ0n) is 15.5. The van der Waals surface area contributed by atoms with Crippen LogP contribution in [0.2, 0.25) is 0 Å². The zero-order chi connectivity index (χ0) is 20.6. The molecule has 0 radical (unpaired) electrons. The molecule has 0 spiro atoms. The molecule has 5 N–H and O–H groups in total. The molecule has 0 saturated heterocycles. The number of ether oxygens (including phenoxy) is 1. The van der Waals surface area contributed by atoms with Crippen molar-refractivity contribution in [1.29, 1.82) is 5.41 Å². The van der Waals surface area contributed by atoms with Crippen LogP contribution in [-0.2, 0) is 9.53 Å². The Balaban J connectivity index is 4.64. The topological polar surface area (TPSA) is 115 Å². The van der Waals surface area contributed by atoms with Crippen molar-refractivity contribution >= 4 is 11.6 Å². The predicted molar refractivity (Wildman–Crippen MR) is 91.1 cm³/mol. The second-order valence-corrected chi connectivity index (χ2v) is 6.75. The van der Waals surface area contributed by atoms with Crippen LogP contribution in [0.3, 0.4) is 0 Å². The van der Waals surface area contributed by atoms with Crippen LogP contribution in [0.1, 0.15) is 40.5 Å². The number of aliphatic hydroxyl groups is 2. The molecule has 0 heterocycles. The first-order chi connectivity index (χ1) is 11.7. The summed E-state index contributed by atoms with van der Waals surface area (Å²) in [6.45, 7) is 5.79. The summed E-state index contributed by atoms with van der Waals surface area (Å²) < 4.78 is 41.6. The van der Waals surface area contributed by atoms with Gasteiger partial charge in [0.1, 0.15) is 5.60 Å². The maximum Gasteiger partial charge on any atom is 0.389 e. The second kappa shape index (κ2) is 9.89. The van der Waals surface area contributed by atoms with E-state index in [4.69, 9.17) is 15.3 Å². The summed E-state index contributed by atoms with van der Waals surface area (Å²) in [7, 11) is 0. The SMILES string of the molecule is CC(C)(NCCCC(F)(F)F)C(=O)N/C(O)=C/C(=N)C(C)(C)OCCO. The first kappa shape index (κ1) is 24.4. The minimum atomic E-state index is -4.25. The van der Waals surface area contributed by atoms with E-state index in [0.29, 0.717) is 0 Å². The fourth-order valence-electron chi connectivity index (χ4n) is 1.77. The van der Waals surface area contributed by atoms with Crippen LogP contribution in [-0.4, -0.2) is 58.9 Å². The number of halogens is 3. The van der Waals surface area contributed by atoms with Gasteiger partial charge in [-0.15, -0.1) is 0 Å². The van der Waals surface area contributed by atoms with E-state index in [2.05, 4.69) is 10.6 Å². The van der Waals surface area contributed by atoms with Gasteiger partial charge in [-0.2, -0.15) is 13.2 Å². The summed E-state index contributed by atoms with van der Waals surface area (Å²) in [4.78, 5) is 12.1. The van der Waals surface area contributed by atoms with Crippen molar-refractivity contribution in [2.75, 3.05) is 19.8 Å². The molecule has 0 unspecified atom stereocenters. The van der Waals surface area contributed by atoms with E-state index in [0.717, 1.165) is 6.08 Å². The molecular formula is C16H28F3N3O4. The normalized spacial score (nSPS) is 13.6. The smallest absolute Gasteiger partial charge is 0.389 e. The fourth-order valence-corrected chi connectivity index (χ4v) is 1.77. The van der Waals surface area contributed by atoms with Gasteiger partial charge < -0.3 is 25.7 Å². The average Bonchev–Trinajstić information content (AvgIpc) is 2.48. The molecule has 152 valence electrons. The summed E-state index contributed by atoms with van der Waals surface area (Å²) in [5.41, 5.74) is -2.45. The van der Waals surface area contributed by atoms with Gasteiger partial charge in [-0.1, -0.05) is 0 Å². The fraction of sp³-hybridized carbons (Fsp3) is 0.750. The number of hydrogen-bond acceptors (Lipinski definition) is 6. The van der Waals surface area contributed by atoms with Crippen LogP contribution >= 0.6 is 0 Å². The van der Waals surface area contributed by atoms with Crippen molar-refractivity contribution in [3.8, 4) is 0 Å². The summed E-state index contributed by atoms with van der Waals surface area (Å²) in [5, 5.41) is 31.3. The van der Waals surface area contributed by atoms with Crippen molar-refractivity contribution in [2.24, 2.45) is 0 Å². The highest BCUT2D eigenvalue weighted by Gasteiger charge is 2.30.